The second kappa shape index (κ2) is 4.83. The van der Waals surface area contributed by atoms with Gasteiger partial charge in [0, 0.05) is 18.7 Å². The molecular weight excluding hydrogens is 285 g/mol. The lowest BCUT2D eigenvalue weighted by Crippen LogP contribution is -2.36. The quantitative estimate of drug-likeness (QED) is 0.894. The fourth-order valence-corrected chi connectivity index (χ4v) is 4.04. The van der Waals surface area contributed by atoms with Crippen LogP contribution in [0.2, 0.25) is 0 Å². The van der Waals surface area contributed by atoms with Crippen LogP contribution in [0.4, 0.5) is 4.39 Å². The molecule has 1 unspecified atom stereocenters. The highest BCUT2D eigenvalue weighted by Crippen LogP contribution is 2.33. The van der Waals surface area contributed by atoms with Crippen molar-refractivity contribution >= 4 is 16.1 Å². The van der Waals surface area contributed by atoms with E-state index in [0.717, 1.165) is 12.8 Å². The number of ether oxygens (including phenoxy) is 1. The molecule has 1 N–H and O–H groups in total. The highest BCUT2D eigenvalue weighted by Gasteiger charge is 2.36. The highest BCUT2D eigenvalue weighted by molar-refractivity contribution is 7.93. The van der Waals surface area contributed by atoms with Crippen LogP contribution < -0.4 is 4.74 Å². The number of hydrogen-bond acceptors (Lipinski definition) is 4. The van der Waals surface area contributed by atoms with Gasteiger partial charge in [0.25, 0.3) is 0 Å². The maximum Gasteiger partial charge on any atom is 0.245 e. The summed E-state index contributed by atoms with van der Waals surface area (Å²) in [4.78, 5) is -0.238. The van der Waals surface area contributed by atoms with Crippen LogP contribution in [0.5, 0.6) is 5.75 Å². The number of nitrogens with zero attached hydrogens (tertiary/aromatic N) is 1. The second-order valence-electron chi connectivity index (χ2n) is 4.81. The Bertz CT molecular complexity index is 665. The van der Waals surface area contributed by atoms with Crippen LogP contribution in [0.1, 0.15) is 18.4 Å². The van der Waals surface area contributed by atoms with E-state index in [9.17, 15) is 17.9 Å². The molecule has 1 aromatic rings. The number of benzene rings is 1. The zero-order valence-corrected chi connectivity index (χ0v) is 11.4. The van der Waals surface area contributed by atoms with Gasteiger partial charge in [-0.25, -0.2) is 12.8 Å². The van der Waals surface area contributed by atoms with Crippen LogP contribution >= 0.6 is 0 Å². The Labute approximate surface area is 116 Å². The van der Waals surface area contributed by atoms with E-state index in [4.69, 9.17) is 4.74 Å². The topological polar surface area (TPSA) is 66.8 Å². The summed E-state index contributed by atoms with van der Waals surface area (Å²) in [5, 5.41) is 9.89. The van der Waals surface area contributed by atoms with Crippen LogP contribution in [-0.4, -0.2) is 37.2 Å². The maximum absolute atomic E-state index is 13.2. The van der Waals surface area contributed by atoms with Crippen molar-refractivity contribution in [3.63, 3.8) is 0 Å². The lowest BCUT2D eigenvalue weighted by molar-refractivity contribution is 0.0184. The third-order valence-corrected chi connectivity index (χ3v) is 5.41. The molecule has 7 heteroatoms. The van der Waals surface area contributed by atoms with E-state index in [1.807, 2.05) is 0 Å². The van der Waals surface area contributed by atoms with Gasteiger partial charge in [-0.1, -0.05) is 0 Å². The molecule has 0 bridgehead atoms. The smallest absolute Gasteiger partial charge is 0.245 e. The summed E-state index contributed by atoms with van der Waals surface area (Å²) in [5.74, 6) is -0.225. The fourth-order valence-electron chi connectivity index (χ4n) is 2.42. The van der Waals surface area contributed by atoms with Gasteiger partial charge in [-0.15, -0.1) is 0 Å². The van der Waals surface area contributed by atoms with Crippen molar-refractivity contribution in [3.8, 4) is 5.75 Å². The Kier molecular flexibility index (Phi) is 3.27. The van der Waals surface area contributed by atoms with Crippen molar-refractivity contribution in [1.82, 2.24) is 4.31 Å². The summed E-state index contributed by atoms with van der Waals surface area (Å²) in [6, 6.07) is 3.74. The van der Waals surface area contributed by atoms with E-state index in [1.54, 1.807) is 0 Å². The number of aliphatic hydroxyl groups is 1. The Morgan fingerprint density at radius 1 is 1.30 bits per heavy atom. The summed E-state index contributed by atoms with van der Waals surface area (Å²) >= 11 is 0. The molecule has 0 amide bonds. The van der Waals surface area contributed by atoms with Gasteiger partial charge < -0.3 is 9.84 Å². The predicted molar refractivity (Wildman–Crippen MR) is 70.7 cm³/mol. The number of fused-ring (bicyclic) bond motifs is 1. The first kappa shape index (κ1) is 13.5. The maximum atomic E-state index is 13.2. The van der Waals surface area contributed by atoms with E-state index >= 15 is 0 Å². The molecule has 2 aliphatic rings. The molecule has 2 aliphatic heterocycles. The van der Waals surface area contributed by atoms with Crippen LogP contribution in [0.15, 0.2) is 23.1 Å². The minimum Gasteiger partial charge on any atom is -0.459 e. The summed E-state index contributed by atoms with van der Waals surface area (Å²) in [7, 11) is -3.77. The van der Waals surface area contributed by atoms with Gasteiger partial charge in [-0.2, -0.15) is 4.31 Å². The van der Waals surface area contributed by atoms with E-state index in [-0.39, 0.29) is 10.7 Å². The van der Waals surface area contributed by atoms with Gasteiger partial charge in [0.05, 0.1) is 0 Å². The minimum absolute atomic E-state index is 0.238. The van der Waals surface area contributed by atoms with Crippen LogP contribution in [0.3, 0.4) is 0 Å². The van der Waals surface area contributed by atoms with Crippen molar-refractivity contribution in [3.05, 3.63) is 34.5 Å². The van der Waals surface area contributed by atoms with Crippen LogP contribution in [-0.2, 0) is 10.0 Å². The molecule has 2 heterocycles. The van der Waals surface area contributed by atoms with Gasteiger partial charge in [-0.3, -0.25) is 0 Å². The lowest BCUT2D eigenvalue weighted by Gasteiger charge is -2.26. The Balaban J connectivity index is 2.04. The molecule has 0 spiro atoms. The molecule has 1 atom stereocenters. The van der Waals surface area contributed by atoms with Gasteiger partial charge in [0.1, 0.15) is 16.5 Å². The van der Waals surface area contributed by atoms with Gasteiger partial charge >= 0.3 is 0 Å². The molecule has 0 aliphatic carbocycles. The second-order valence-corrected chi connectivity index (χ2v) is 6.75. The third kappa shape index (κ3) is 2.21. The molecule has 108 valence electrons. The number of hydrogen-bond donors (Lipinski definition) is 1. The molecule has 0 aromatic heterocycles. The fraction of sp³-hybridized carbons (Fsp3) is 0.385. The predicted octanol–water partition coefficient (Wildman–Crippen LogP) is 1.30. The summed E-state index contributed by atoms with van der Waals surface area (Å²) < 4.78 is 44.5. The average Bonchev–Trinajstić information content (AvgIpc) is 2.93. The lowest BCUT2D eigenvalue weighted by atomic mass is 10.1. The molecule has 1 fully saturated rings. The summed E-state index contributed by atoms with van der Waals surface area (Å²) in [5.41, 5.74) is 0.313. The molecule has 0 radical (unpaired) electrons. The number of sulfonamides is 1. The van der Waals surface area contributed by atoms with Gasteiger partial charge in [0.2, 0.25) is 16.3 Å². The number of aliphatic hydroxyl groups excluding tert-OH is 1. The average molecular weight is 299 g/mol. The van der Waals surface area contributed by atoms with Crippen molar-refractivity contribution in [1.29, 1.82) is 0 Å². The largest absolute Gasteiger partial charge is 0.459 e. The SMILES string of the molecule is O=S(=O)(C1=Cc2cc(F)ccc2OC1O)N1CCCC1. The van der Waals surface area contributed by atoms with Gasteiger partial charge in [-0.05, 0) is 37.1 Å². The van der Waals surface area contributed by atoms with E-state index in [0.29, 0.717) is 18.7 Å². The van der Waals surface area contributed by atoms with E-state index in [2.05, 4.69) is 0 Å². The van der Waals surface area contributed by atoms with Crippen molar-refractivity contribution in [2.24, 2.45) is 0 Å². The monoisotopic (exact) mass is 299 g/mol. The van der Waals surface area contributed by atoms with Gasteiger partial charge in [0.15, 0.2) is 0 Å². The minimum atomic E-state index is -3.77. The van der Waals surface area contributed by atoms with Crippen molar-refractivity contribution < 1.29 is 22.7 Å². The number of halogens is 1. The Hall–Kier alpha value is -1.44. The van der Waals surface area contributed by atoms with E-state index in [1.165, 1.54) is 28.6 Å². The molecular formula is C13H14FNO4S. The number of rotatable bonds is 2. The first-order valence-corrected chi connectivity index (χ1v) is 7.78. The first-order chi connectivity index (χ1) is 9.48. The zero-order chi connectivity index (χ0) is 14.3. The molecule has 1 saturated heterocycles. The standard InChI is InChI=1S/C13H14FNO4S/c14-10-3-4-11-9(7-10)8-12(13(16)19-11)20(17,18)15-5-1-2-6-15/h3-4,7-8,13,16H,1-2,5-6H2. The van der Waals surface area contributed by atoms with Crippen molar-refractivity contribution in [2.75, 3.05) is 13.1 Å². The summed E-state index contributed by atoms with van der Waals surface area (Å²) in [6.07, 6.45) is 1.32. The molecule has 0 saturated carbocycles. The normalized spacial score (nSPS) is 23.1. The summed E-state index contributed by atoms with van der Waals surface area (Å²) in [6.45, 7) is 0.866. The molecule has 1 aromatic carbocycles. The van der Waals surface area contributed by atoms with Crippen LogP contribution in [0, 0.1) is 5.82 Å². The van der Waals surface area contributed by atoms with E-state index < -0.39 is 22.1 Å². The van der Waals surface area contributed by atoms with Crippen molar-refractivity contribution in [2.45, 2.75) is 19.1 Å². The molecule has 5 nitrogen and oxygen atoms in total. The zero-order valence-electron chi connectivity index (χ0n) is 10.6. The highest BCUT2D eigenvalue weighted by atomic mass is 32.2. The Morgan fingerprint density at radius 3 is 2.70 bits per heavy atom. The molecule has 20 heavy (non-hydrogen) atoms. The molecule has 3 rings (SSSR count). The first-order valence-electron chi connectivity index (χ1n) is 6.34. The Morgan fingerprint density at radius 2 is 2.00 bits per heavy atom. The third-order valence-electron chi connectivity index (χ3n) is 3.45. The van der Waals surface area contributed by atoms with Crippen LogP contribution in [0.25, 0.3) is 6.08 Å².